The van der Waals surface area contributed by atoms with Crippen molar-refractivity contribution < 1.29 is 19.7 Å². The third-order valence-corrected chi connectivity index (χ3v) is 6.75. The Morgan fingerprint density at radius 1 is 1.29 bits per heavy atom. The fraction of sp³-hybridized carbons (Fsp3) is 0.391. The van der Waals surface area contributed by atoms with Crippen LogP contribution < -0.4 is 9.47 Å². The van der Waals surface area contributed by atoms with Gasteiger partial charge in [-0.2, -0.15) is 0 Å². The van der Waals surface area contributed by atoms with Gasteiger partial charge in [-0.25, -0.2) is 0 Å². The Kier molecular flexibility index (Phi) is 4.81. The van der Waals surface area contributed by atoms with Crippen molar-refractivity contribution in [3.05, 3.63) is 69.7 Å². The predicted molar refractivity (Wildman–Crippen MR) is 112 cm³/mol. The predicted octanol–water partition coefficient (Wildman–Crippen LogP) is 4.67. The van der Waals surface area contributed by atoms with Crippen LogP contribution in [0.5, 0.6) is 11.5 Å². The van der Waals surface area contributed by atoms with Crippen LogP contribution in [0.15, 0.2) is 58.6 Å². The lowest BCUT2D eigenvalue weighted by Gasteiger charge is -2.41. The maximum absolute atomic E-state index is 12.0. The number of allylic oxidation sites excluding steroid dienone is 1. The summed E-state index contributed by atoms with van der Waals surface area (Å²) >= 11 is 3.48. The second-order valence-corrected chi connectivity index (χ2v) is 8.45. The second kappa shape index (κ2) is 6.90. The molecule has 0 radical (unpaired) electrons. The number of halogens is 1. The molecule has 1 aliphatic carbocycles. The molecule has 0 saturated heterocycles. The van der Waals surface area contributed by atoms with Crippen LogP contribution in [0.25, 0.3) is 0 Å². The Bertz CT molecular complexity index is 923. The van der Waals surface area contributed by atoms with Crippen LogP contribution in [-0.2, 0) is 11.2 Å². The van der Waals surface area contributed by atoms with Gasteiger partial charge in [0.2, 0.25) is 0 Å². The van der Waals surface area contributed by atoms with Crippen LogP contribution in [0.1, 0.15) is 38.3 Å². The summed E-state index contributed by atoms with van der Waals surface area (Å²) in [6.07, 6.45) is 1.51. The second-order valence-electron chi connectivity index (χ2n) is 7.54. The number of rotatable bonds is 4. The van der Waals surface area contributed by atoms with Crippen LogP contribution in [0, 0.1) is 5.92 Å². The Hall–Kier alpha value is -1.82. The molecule has 1 aliphatic heterocycles. The van der Waals surface area contributed by atoms with Crippen molar-refractivity contribution in [1.29, 1.82) is 0 Å². The zero-order valence-corrected chi connectivity index (χ0v) is 17.9. The minimum absolute atomic E-state index is 0.165. The van der Waals surface area contributed by atoms with Gasteiger partial charge in [0.15, 0.2) is 11.2 Å². The number of fused-ring (bicyclic) bond motifs is 3. The van der Waals surface area contributed by atoms with Crippen LogP contribution >= 0.6 is 15.9 Å². The molecule has 28 heavy (non-hydrogen) atoms. The number of hydrogen-bond donors (Lipinski definition) is 2. The van der Waals surface area contributed by atoms with E-state index in [2.05, 4.69) is 15.9 Å². The van der Waals surface area contributed by atoms with Crippen molar-refractivity contribution in [3.8, 4) is 11.5 Å². The summed E-state index contributed by atoms with van der Waals surface area (Å²) in [7, 11) is 0. The molecule has 1 fully saturated rings. The summed E-state index contributed by atoms with van der Waals surface area (Å²) in [4.78, 5) is 0. The van der Waals surface area contributed by atoms with E-state index in [0.717, 1.165) is 15.6 Å². The van der Waals surface area contributed by atoms with E-state index < -0.39 is 17.3 Å². The minimum Gasteiger partial charge on any atom is -0.494 e. The van der Waals surface area contributed by atoms with Crippen molar-refractivity contribution >= 4 is 15.9 Å². The molecular formula is C23H25BrO4. The van der Waals surface area contributed by atoms with E-state index in [0.29, 0.717) is 30.1 Å². The molecule has 0 bridgehead atoms. The SMILES string of the molecule is C/C=C(\C)C1CC(O)C2(O)c3ccc(OCC)cc3OC12c1ccc(Br)cc1. The van der Waals surface area contributed by atoms with Gasteiger partial charge < -0.3 is 19.7 Å². The van der Waals surface area contributed by atoms with Crippen LogP contribution in [0.3, 0.4) is 0 Å². The molecular weight excluding hydrogens is 420 g/mol. The first-order chi connectivity index (χ1) is 13.4. The Balaban J connectivity index is 1.97. The first-order valence-electron chi connectivity index (χ1n) is 9.64. The first kappa shape index (κ1) is 19.5. The summed E-state index contributed by atoms with van der Waals surface area (Å²) in [6, 6.07) is 13.2. The minimum atomic E-state index is -1.55. The molecule has 4 atom stereocenters. The average molecular weight is 445 g/mol. The number of hydrogen-bond acceptors (Lipinski definition) is 4. The highest BCUT2D eigenvalue weighted by Gasteiger charge is 2.72. The molecule has 4 unspecified atom stereocenters. The number of aliphatic hydroxyl groups is 2. The van der Waals surface area contributed by atoms with E-state index in [1.807, 2.05) is 69.3 Å². The zero-order valence-electron chi connectivity index (χ0n) is 16.3. The van der Waals surface area contributed by atoms with Gasteiger partial charge in [-0.15, -0.1) is 0 Å². The molecule has 2 N–H and O–H groups in total. The van der Waals surface area contributed by atoms with E-state index >= 15 is 0 Å². The Morgan fingerprint density at radius 3 is 2.64 bits per heavy atom. The molecule has 2 aliphatic rings. The van der Waals surface area contributed by atoms with E-state index in [1.165, 1.54) is 0 Å². The van der Waals surface area contributed by atoms with Gasteiger partial charge in [-0.1, -0.05) is 39.7 Å². The number of benzene rings is 2. The van der Waals surface area contributed by atoms with E-state index in [-0.39, 0.29) is 5.92 Å². The van der Waals surface area contributed by atoms with Gasteiger partial charge in [0, 0.05) is 22.0 Å². The monoisotopic (exact) mass is 444 g/mol. The maximum atomic E-state index is 12.0. The standard InChI is InChI=1S/C23H25BrO4/c1-4-14(3)19-13-21(25)22(26)18-11-10-17(27-5-2)12-20(18)28-23(19,22)15-6-8-16(24)9-7-15/h4,6-12,19,21,25-26H,5,13H2,1-3H3/b14-4+. The summed E-state index contributed by atoms with van der Waals surface area (Å²) < 4.78 is 13.2. The van der Waals surface area contributed by atoms with Crippen LogP contribution in [0.2, 0.25) is 0 Å². The Labute approximate surface area is 173 Å². The lowest BCUT2D eigenvalue weighted by molar-refractivity contribution is -0.153. The molecule has 4 nitrogen and oxygen atoms in total. The third kappa shape index (κ3) is 2.49. The molecule has 0 amide bonds. The molecule has 0 spiro atoms. The molecule has 0 aromatic heterocycles. The smallest absolute Gasteiger partial charge is 0.176 e. The van der Waals surface area contributed by atoms with E-state index in [9.17, 15) is 10.2 Å². The van der Waals surface area contributed by atoms with Gasteiger partial charge >= 0.3 is 0 Å². The van der Waals surface area contributed by atoms with Gasteiger partial charge in [0.25, 0.3) is 0 Å². The lowest BCUT2D eigenvalue weighted by atomic mass is 9.71. The van der Waals surface area contributed by atoms with Crippen LogP contribution in [0.4, 0.5) is 0 Å². The molecule has 2 aromatic carbocycles. The van der Waals surface area contributed by atoms with Crippen molar-refractivity contribution in [1.82, 2.24) is 0 Å². The topological polar surface area (TPSA) is 58.9 Å². The molecule has 148 valence electrons. The molecule has 5 heteroatoms. The van der Waals surface area contributed by atoms with Gasteiger partial charge in [0.1, 0.15) is 11.5 Å². The lowest BCUT2D eigenvalue weighted by Crippen LogP contribution is -2.52. The highest BCUT2D eigenvalue weighted by molar-refractivity contribution is 9.10. The Morgan fingerprint density at radius 2 is 2.00 bits per heavy atom. The van der Waals surface area contributed by atoms with E-state index in [1.54, 1.807) is 0 Å². The molecule has 1 saturated carbocycles. The summed E-state index contributed by atoms with van der Waals surface area (Å²) in [6.45, 7) is 6.48. The number of ether oxygens (including phenoxy) is 2. The van der Waals surface area contributed by atoms with Crippen molar-refractivity contribution in [2.24, 2.45) is 5.92 Å². The third-order valence-electron chi connectivity index (χ3n) is 6.22. The fourth-order valence-electron chi connectivity index (χ4n) is 4.82. The van der Waals surface area contributed by atoms with Crippen LogP contribution in [-0.4, -0.2) is 22.9 Å². The molecule has 1 heterocycles. The largest absolute Gasteiger partial charge is 0.494 e. The molecule has 2 aromatic rings. The van der Waals surface area contributed by atoms with Crippen molar-refractivity contribution in [2.45, 2.75) is 44.5 Å². The fourth-order valence-corrected chi connectivity index (χ4v) is 5.08. The van der Waals surface area contributed by atoms with Crippen molar-refractivity contribution in [2.75, 3.05) is 6.61 Å². The van der Waals surface area contributed by atoms with Gasteiger partial charge in [-0.05, 0) is 57.0 Å². The highest BCUT2D eigenvalue weighted by atomic mass is 79.9. The maximum Gasteiger partial charge on any atom is 0.176 e. The average Bonchev–Trinajstić information content (AvgIpc) is 3.08. The summed E-state index contributed by atoms with van der Waals surface area (Å²) in [5.41, 5.74) is -0.115. The summed E-state index contributed by atoms with van der Waals surface area (Å²) in [5.74, 6) is 1.08. The summed E-state index contributed by atoms with van der Waals surface area (Å²) in [5, 5.41) is 23.1. The van der Waals surface area contributed by atoms with Gasteiger partial charge in [-0.3, -0.25) is 0 Å². The normalized spacial score (nSPS) is 31.3. The number of aliphatic hydroxyl groups excluding tert-OH is 1. The quantitative estimate of drug-likeness (QED) is 0.672. The zero-order chi connectivity index (χ0) is 20.1. The van der Waals surface area contributed by atoms with Gasteiger partial charge in [0.05, 0.1) is 12.7 Å². The highest BCUT2D eigenvalue weighted by Crippen LogP contribution is 2.65. The first-order valence-corrected chi connectivity index (χ1v) is 10.4. The molecule has 4 rings (SSSR count). The van der Waals surface area contributed by atoms with E-state index in [4.69, 9.17) is 9.47 Å². The van der Waals surface area contributed by atoms with Crippen molar-refractivity contribution in [3.63, 3.8) is 0 Å².